The monoisotopic (exact) mass is 253 g/mol. The zero-order valence-corrected chi connectivity index (χ0v) is 11.7. The Morgan fingerprint density at radius 3 is 2.50 bits per heavy atom. The highest BCUT2D eigenvalue weighted by molar-refractivity contribution is 5.76. The number of piperidine rings is 1. The molecule has 104 valence electrons. The number of hydrogen-bond donors (Lipinski definition) is 2. The van der Waals surface area contributed by atoms with Gasteiger partial charge in [0.25, 0.3) is 0 Å². The molecule has 0 aromatic heterocycles. The minimum atomic E-state index is 0.202. The fourth-order valence-corrected chi connectivity index (χ4v) is 2.83. The van der Waals surface area contributed by atoms with Gasteiger partial charge in [-0.15, -0.1) is 0 Å². The molecule has 1 aliphatic heterocycles. The first-order valence-corrected chi connectivity index (χ1v) is 7.45. The van der Waals surface area contributed by atoms with Crippen molar-refractivity contribution in [1.29, 1.82) is 0 Å². The number of likely N-dealkylation sites (tertiary alicyclic amines) is 1. The van der Waals surface area contributed by atoms with Gasteiger partial charge in [-0.25, -0.2) is 0 Å². The number of nitrogens with zero attached hydrogens (tertiary/aromatic N) is 1. The second kappa shape index (κ2) is 6.53. The van der Waals surface area contributed by atoms with Crippen LogP contribution in [-0.2, 0) is 4.79 Å². The van der Waals surface area contributed by atoms with Crippen molar-refractivity contribution in [2.24, 2.45) is 0 Å². The molecule has 1 aliphatic carbocycles. The Morgan fingerprint density at radius 2 is 1.94 bits per heavy atom. The third kappa shape index (κ3) is 4.25. The molecule has 0 aromatic rings. The van der Waals surface area contributed by atoms with Crippen molar-refractivity contribution in [3.63, 3.8) is 0 Å². The van der Waals surface area contributed by atoms with Crippen molar-refractivity contribution in [2.45, 2.75) is 64.1 Å². The van der Waals surface area contributed by atoms with E-state index in [1.165, 1.54) is 25.9 Å². The van der Waals surface area contributed by atoms with E-state index in [9.17, 15) is 4.79 Å². The molecule has 1 saturated carbocycles. The Balaban J connectivity index is 1.62. The molecular weight excluding hydrogens is 226 g/mol. The molecule has 4 nitrogen and oxygen atoms in total. The molecule has 1 atom stereocenters. The minimum absolute atomic E-state index is 0.202. The average Bonchev–Trinajstić information content (AvgIpc) is 3.14. The summed E-state index contributed by atoms with van der Waals surface area (Å²) in [6.07, 6.45) is 5.61. The second-order valence-corrected chi connectivity index (χ2v) is 5.77. The molecule has 0 spiro atoms. The molecule has 0 aromatic carbocycles. The minimum Gasteiger partial charge on any atom is -0.353 e. The van der Waals surface area contributed by atoms with Gasteiger partial charge in [-0.3, -0.25) is 4.79 Å². The highest BCUT2D eigenvalue weighted by Gasteiger charge is 2.32. The van der Waals surface area contributed by atoms with Crippen molar-refractivity contribution in [3.05, 3.63) is 0 Å². The summed E-state index contributed by atoms with van der Waals surface area (Å²) in [5.41, 5.74) is 0. The van der Waals surface area contributed by atoms with E-state index in [2.05, 4.69) is 29.4 Å². The fourth-order valence-electron chi connectivity index (χ4n) is 2.83. The van der Waals surface area contributed by atoms with Gasteiger partial charge in [0.1, 0.15) is 0 Å². The largest absolute Gasteiger partial charge is 0.353 e. The molecule has 2 N–H and O–H groups in total. The van der Waals surface area contributed by atoms with Gasteiger partial charge < -0.3 is 15.5 Å². The van der Waals surface area contributed by atoms with Crippen LogP contribution in [0.1, 0.15) is 46.0 Å². The topological polar surface area (TPSA) is 44.4 Å². The summed E-state index contributed by atoms with van der Waals surface area (Å²) in [5.74, 6) is 0.202. The number of hydrogen-bond acceptors (Lipinski definition) is 3. The molecule has 2 fully saturated rings. The molecule has 1 amide bonds. The summed E-state index contributed by atoms with van der Waals surface area (Å²) in [7, 11) is 0. The lowest BCUT2D eigenvalue weighted by molar-refractivity contribution is -0.122. The van der Waals surface area contributed by atoms with Gasteiger partial charge in [-0.2, -0.15) is 0 Å². The number of carbonyl (C=O) groups is 1. The van der Waals surface area contributed by atoms with Crippen LogP contribution in [0, 0.1) is 0 Å². The van der Waals surface area contributed by atoms with Crippen molar-refractivity contribution in [3.8, 4) is 0 Å². The van der Waals surface area contributed by atoms with Crippen molar-refractivity contribution in [1.82, 2.24) is 15.5 Å². The average molecular weight is 253 g/mol. The van der Waals surface area contributed by atoms with Gasteiger partial charge in [0.05, 0.1) is 0 Å². The third-order valence-corrected chi connectivity index (χ3v) is 4.00. The lowest BCUT2D eigenvalue weighted by Gasteiger charge is -2.32. The maximum atomic E-state index is 11.9. The Hall–Kier alpha value is -0.610. The first kappa shape index (κ1) is 13.8. The molecule has 2 rings (SSSR count). The van der Waals surface area contributed by atoms with Crippen molar-refractivity contribution < 1.29 is 4.79 Å². The third-order valence-electron chi connectivity index (χ3n) is 4.00. The van der Waals surface area contributed by atoms with Crippen LogP contribution in [0.25, 0.3) is 0 Å². The van der Waals surface area contributed by atoms with E-state index in [0.717, 1.165) is 25.4 Å². The van der Waals surface area contributed by atoms with Gasteiger partial charge >= 0.3 is 0 Å². The first-order valence-electron chi connectivity index (χ1n) is 7.45. The Labute approximate surface area is 110 Å². The van der Waals surface area contributed by atoms with E-state index in [0.29, 0.717) is 12.5 Å². The van der Waals surface area contributed by atoms with Gasteiger partial charge in [0.2, 0.25) is 5.91 Å². The molecule has 1 saturated heterocycles. The zero-order valence-electron chi connectivity index (χ0n) is 11.7. The number of carbonyl (C=O) groups excluding carboxylic acids is 1. The Bertz CT molecular complexity index is 270. The zero-order chi connectivity index (χ0) is 13.0. The van der Waals surface area contributed by atoms with Crippen LogP contribution in [0.4, 0.5) is 0 Å². The van der Waals surface area contributed by atoms with Crippen LogP contribution in [0.3, 0.4) is 0 Å². The van der Waals surface area contributed by atoms with E-state index in [4.69, 9.17) is 0 Å². The quantitative estimate of drug-likeness (QED) is 0.745. The van der Waals surface area contributed by atoms with E-state index in [1.807, 2.05) is 0 Å². The van der Waals surface area contributed by atoms with Crippen LogP contribution < -0.4 is 10.6 Å². The Morgan fingerprint density at radius 1 is 1.28 bits per heavy atom. The Kier molecular flexibility index (Phi) is 5.01. The highest BCUT2D eigenvalue weighted by Crippen LogP contribution is 2.29. The van der Waals surface area contributed by atoms with E-state index >= 15 is 0 Å². The summed E-state index contributed by atoms with van der Waals surface area (Å²) in [4.78, 5) is 14.4. The molecular formula is C14H27N3O. The molecule has 0 radical (unpaired) electrons. The fraction of sp³-hybridized carbons (Fsp3) is 0.929. The second-order valence-electron chi connectivity index (χ2n) is 5.77. The first-order chi connectivity index (χ1) is 8.69. The number of nitrogens with one attached hydrogen (secondary N) is 2. The van der Waals surface area contributed by atoms with E-state index < -0.39 is 0 Å². The summed E-state index contributed by atoms with van der Waals surface area (Å²) in [5, 5.41) is 6.46. The predicted molar refractivity (Wildman–Crippen MR) is 73.5 cm³/mol. The number of rotatable bonds is 6. The summed E-state index contributed by atoms with van der Waals surface area (Å²) in [6, 6.07) is 1.55. The normalized spacial score (nSPS) is 23.9. The van der Waals surface area contributed by atoms with Crippen LogP contribution in [0.2, 0.25) is 0 Å². The van der Waals surface area contributed by atoms with Gasteiger partial charge in [0.15, 0.2) is 0 Å². The standard InChI is InChI=1S/C14H27N3O/c1-3-15-11(2)10-14(18)16-12-6-8-17(9-7-12)13-4-5-13/h11-13,15H,3-10H2,1-2H3,(H,16,18). The predicted octanol–water partition coefficient (Wildman–Crippen LogP) is 1.12. The lowest BCUT2D eigenvalue weighted by atomic mass is 10.0. The molecule has 1 unspecified atom stereocenters. The SMILES string of the molecule is CCNC(C)CC(=O)NC1CCN(C2CC2)CC1. The van der Waals surface area contributed by atoms with Crippen LogP contribution in [0.15, 0.2) is 0 Å². The molecule has 4 heteroatoms. The van der Waals surface area contributed by atoms with E-state index in [1.54, 1.807) is 0 Å². The summed E-state index contributed by atoms with van der Waals surface area (Å²) < 4.78 is 0. The summed E-state index contributed by atoms with van der Waals surface area (Å²) in [6.45, 7) is 7.39. The van der Waals surface area contributed by atoms with Crippen LogP contribution in [-0.4, -0.2) is 48.6 Å². The molecule has 2 aliphatic rings. The van der Waals surface area contributed by atoms with Crippen molar-refractivity contribution >= 4 is 5.91 Å². The summed E-state index contributed by atoms with van der Waals surface area (Å²) >= 11 is 0. The van der Waals surface area contributed by atoms with Gasteiger partial charge in [-0.05, 0) is 39.2 Å². The lowest BCUT2D eigenvalue weighted by Crippen LogP contribution is -2.46. The maximum Gasteiger partial charge on any atom is 0.221 e. The van der Waals surface area contributed by atoms with Gasteiger partial charge in [-0.1, -0.05) is 6.92 Å². The highest BCUT2D eigenvalue weighted by atomic mass is 16.1. The maximum absolute atomic E-state index is 11.9. The molecule has 1 heterocycles. The molecule has 18 heavy (non-hydrogen) atoms. The van der Waals surface area contributed by atoms with Crippen molar-refractivity contribution in [2.75, 3.05) is 19.6 Å². The van der Waals surface area contributed by atoms with Crippen LogP contribution >= 0.6 is 0 Å². The van der Waals surface area contributed by atoms with Crippen LogP contribution in [0.5, 0.6) is 0 Å². The number of amides is 1. The molecule has 0 bridgehead atoms. The van der Waals surface area contributed by atoms with E-state index in [-0.39, 0.29) is 11.9 Å². The van der Waals surface area contributed by atoms with Gasteiger partial charge in [0, 0.05) is 37.6 Å². The smallest absolute Gasteiger partial charge is 0.221 e.